The molecule has 0 radical (unpaired) electrons. The molecule has 0 N–H and O–H groups in total. The van der Waals surface area contributed by atoms with Crippen LogP contribution in [0.5, 0.6) is 0 Å². The Morgan fingerprint density at radius 2 is 2.09 bits per heavy atom. The maximum Gasteiger partial charge on any atom is 0.257 e. The van der Waals surface area contributed by atoms with Crippen molar-refractivity contribution in [3.63, 3.8) is 0 Å². The predicted octanol–water partition coefficient (Wildman–Crippen LogP) is 2.21. The molecule has 1 amide bonds. The Morgan fingerprint density at radius 3 is 2.70 bits per heavy atom. The van der Waals surface area contributed by atoms with Gasteiger partial charge in [0.2, 0.25) is 0 Å². The van der Waals surface area contributed by atoms with E-state index in [2.05, 4.69) is 15.0 Å². The molecule has 1 aliphatic rings. The summed E-state index contributed by atoms with van der Waals surface area (Å²) < 4.78 is 1.65. The first-order chi connectivity index (χ1) is 11.1. The van der Waals surface area contributed by atoms with E-state index in [0.29, 0.717) is 10.6 Å². The smallest absolute Gasteiger partial charge is 0.257 e. The van der Waals surface area contributed by atoms with E-state index in [-0.39, 0.29) is 11.9 Å². The molecule has 1 saturated heterocycles. The molecule has 0 unspecified atom stereocenters. The lowest BCUT2D eigenvalue weighted by Gasteiger charge is -2.38. The van der Waals surface area contributed by atoms with Crippen LogP contribution in [-0.2, 0) is 7.05 Å². The summed E-state index contributed by atoms with van der Waals surface area (Å²) in [5, 5.41) is 4.74. The summed E-state index contributed by atoms with van der Waals surface area (Å²) in [4.78, 5) is 20.6. The molecule has 0 spiro atoms. The van der Waals surface area contributed by atoms with E-state index in [1.54, 1.807) is 29.5 Å². The zero-order valence-electron chi connectivity index (χ0n) is 13.3. The summed E-state index contributed by atoms with van der Waals surface area (Å²) in [5.74, 6) is 0.0264. The summed E-state index contributed by atoms with van der Waals surface area (Å²) in [7, 11) is 3.68. The Hall–Kier alpha value is -2.08. The molecule has 3 heterocycles. The number of carbonyl (C=O) groups is 1. The lowest BCUT2D eigenvalue weighted by molar-refractivity contribution is 0.0709. The van der Waals surface area contributed by atoms with E-state index in [9.17, 15) is 4.79 Å². The van der Waals surface area contributed by atoms with Crippen molar-refractivity contribution < 1.29 is 4.79 Å². The number of hydrogen-bond donors (Lipinski definition) is 0. The number of piperidine rings is 1. The topological polar surface area (TPSA) is 54.3 Å². The fourth-order valence-corrected chi connectivity index (χ4v) is 3.26. The van der Waals surface area contributed by atoms with Gasteiger partial charge in [-0.3, -0.25) is 14.5 Å². The number of carbonyl (C=O) groups excluding carboxylic acids is 1. The molecule has 1 fully saturated rings. The van der Waals surface area contributed by atoms with Crippen LogP contribution in [0.25, 0.3) is 0 Å². The van der Waals surface area contributed by atoms with Crippen molar-refractivity contribution >= 4 is 23.2 Å². The summed E-state index contributed by atoms with van der Waals surface area (Å²) in [6.07, 6.45) is 8.63. The van der Waals surface area contributed by atoms with E-state index >= 15 is 0 Å². The zero-order chi connectivity index (χ0) is 16.4. The average Bonchev–Trinajstić information content (AvgIpc) is 3.01. The van der Waals surface area contributed by atoms with E-state index in [1.165, 1.54) is 0 Å². The first-order valence-corrected chi connectivity index (χ1v) is 8.04. The molecule has 0 bridgehead atoms. The fraction of sp³-hybridized carbons (Fsp3) is 0.438. The van der Waals surface area contributed by atoms with Crippen molar-refractivity contribution in [2.75, 3.05) is 25.0 Å². The maximum absolute atomic E-state index is 12.5. The van der Waals surface area contributed by atoms with Crippen molar-refractivity contribution in [3.8, 4) is 0 Å². The summed E-state index contributed by atoms with van der Waals surface area (Å²) in [6, 6.07) is 2.17. The average molecular weight is 334 g/mol. The third-order valence-electron chi connectivity index (χ3n) is 4.38. The van der Waals surface area contributed by atoms with E-state index in [0.717, 1.165) is 31.6 Å². The van der Waals surface area contributed by atoms with Crippen molar-refractivity contribution in [3.05, 3.63) is 41.4 Å². The first kappa shape index (κ1) is 15.8. The van der Waals surface area contributed by atoms with Crippen LogP contribution in [0.15, 0.2) is 30.9 Å². The maximum atomic E-state index is 12.5. The highest BCUT2D eigenvalue weighted by Gasteiger charge is 2.27. The minimum atomic E-state index is 0.0264. The number of halogens is 1. The van der Waals surface area contributed by atoms with Crippen LogP contribution in [0.1, 0.15) is 23.2 Å². The molecule has 3 rings (SSSR count). The number of hydrogen-bond acceptors (Lipinski definition) is 4. The molecule has 122 valence electrons. The van der Waals surface area contributed by atoms with Gasteiger partial charge in [0.1, 0.15) is 0 Å². The second kappa shape index (κ2) is 6.58. The molecule has 0 atom stereocenters. The Bertz CT molecular complexity index is 693. The van der Waals surface area contributed by atoms with Gasteiger partial charge in [0.25, 0.3) is 5.91 Å². The molecule has 1 aliphatic heterocycles. The Kier molecular flexibility index (Phi) is 4.52. The molecule has 7 heteroatoms. The van der Waals surface area contributed by atoms with Gasteiger partial charge in [0.15, 0.2) is 0 Å². The second-order valence-electron chi connectivity index (χ2n) is 5.86. The van der Waals surface area contributed by atoms with Crippen LogP contribution < -0.4 is 4.90 Å². The third-order valence-corrected chi connectivity index (χ3v) is 4.67. The van der Waals surface area contributed by atoms with Gasteiger partial charge in [-0.15, -0.1) is 0 Å². The van der Waals surface area contributed by atoms with Gasteiger partial charge in [-0.2, -0.15) is 5.10 Å². The van der Waals surface area contributed by atoms with Gasteiger partial charge in [0.05, 0.1) is 22.5 Å². The summed E-state index contributed by atoms with van der Waals surface area (Å²) in [5.41, 5.74) is 1.65. The highest BCUT2D eigenvalue weighted by Crippen LogP contribution is 2.28. The van der Waals surface area contributed by atoms with Crippen LogP contribution in [0.3, 0.4) is 0 Å². The van der Waals surface area contributed by atoms with E-state index in [1.807, 2.05) is 25.1 Å². The number of rotatable bonds is 3. The SMILES string of the molecule is CN(C(=O)c1cnn(C)c1)C1CCN(c2ccncc2Cl)CC1. The van der Waals surface area contributed by atoms with Crippen LogP contribution in [0, 0.1) is 0 Å². The van der Waals surface area contributed by atoms with Crippen LogP contribution >= 0.6 is 11.6 Å². The Labute approximate surface area is 140 Å². The van der Waals surface area contributed by atoms with Gasteiger partial charge in [-0.25, -0.2) is 0 Å². The number of nitrogens with zero attached hydrogens (tertiary/aromatic N) is 5. The first-order valence-electron chi connectivity index (χ1n) is 7.66. The van der Waals surface area contributed by atoms with Crippen molar-refractivity contribution in [2.45, 2.75) is 18.9 Å². The minimum Gasteiger partial charge on any atom is -0.370 e. The van der Waals surface area contributed by atoms with Gasteiger partial charge in [-0.1, -0.05) is 11.6 Å². The van der Waals surface area contributed by atoms with E-state index < -0.39 is 0 Å². The normalized spacial score (nSPS) is 15.7. The molecule has 0 saturated carbocycles. The lowest BCUT2D eigenvalue weighted by atomic mass is 10.0. The molecule has 0 aliphatic carbocycles. The van der Waals surface area contributed by atoms with Gasteiger partial charge in [-0.05, 0) is 18.9 Å². The van der Waals surface area contributed by atoms with Crippen LogP contribution in [0.2, 0.25) is 5.02 Å². The predicted molar refractivity (Wildman–Crippen MR) is 89.8 cm³/mol. The number of aromatic nitrogens is 3. The van der Waals surface area contributed by atoms with Crippen LogP contribution in [0.4, 0.5) is 5.69 Å². The third kappa shape index (κ3) is 3.32. The van der Waals surface area contributed by atoms with Gasteiger partial charge < -0.3 is 9.80 Å². The van der Waals surface area contributed by atoms with Gasteiger partial charge in [0, 0.05) is 51.8 Å². The molecule has 2 aromatic heterocycles. The molecule has 23 heavy (non-hydrogen) atoms. The minimum absolute atomic E-state index is 0.0264. The number of aryl methyl sites for hydroxylation is 1. The number of anilines is 1. The summed E-state index contributed by atoms with van der Waals surface area (Å²) >= 11 is 6.21. The number of amides is 1. The van der Waals surface area contributed by atoms with E-state index in [4.69, 9.17) is 11.6 Å². The van der Waals surface area contributed by atoms with Crippen molar-refractivity contribution in [1.29, 1.82) is 0 Å². The summed E-state index contributed by atoms with van der Waals surface area (Å²) in [6.45, 7) is 1.75. The number of pyridine rings is 1. The molecule has 2 aromatic rings. The zero-order valence-corrected chi connectivity index (χ0v) is 14.1. The molecular formula is C16H20ClN5O. The lowest BCUT2D eigenvalue weighted by Crippen LogP contribution is -2.45. The molecule has 0 aromatic carbocycles. The fourth-order valence-electron chi connectivity index (χ4n) is 3.02. The van der Waals surface area contributed by atoms with Crippen molar-refractivity contribution in [2.24, 2.45) is 7.05 Å². The monoisotopic (exact) mass is 333 g/mol. The highest BCUT2D eigenvalue weighted by molar-refractivity contribution is 6.33. The highest BCUT2D eigenvalue weighted by atomic mass is 35.5. The Morgan fingerprint density at radius 1 is 1.35 bits per heavy atom. The van der Waals surface area contributed by atoms with Crippen molar-refractivity contribution in [1.82, 2.24) is 19.7 Å². The quantitative estimate of drug-likeness (QED) is 0.864. The molecular weight excluding hydrogens is 314 g/mol. The molecule has 6 nitrogen and oxygen atoms in total. The Balaban J connectivity index is 1.62. The van der Waals surface area contributed by atoms with Gasteiger partial charge >= 0.3 is 0 Å². The standard InChI is InChI=1S/C16H20ClN5O/c1-20-11-12(9-19-20)16(23)21(2)13-4-7-22(8-5-13)15-3-6-18-10-14(15)17/h3,6,9-11,13H,4-5,7-8H2,1-2H3. The second-order valence-corrected chi connectivity index (χ2v) is 6.27. The van der Waals surface area contributed by atoms with Crippen LogP contribution in [-0.4, -0.2) is 51.8 Å². The largest absolute Gasteiger partial charge is 0.370 e.